The van der Waals surface area contributed by atoms with Gasteiger partial charge in [0.1, 0.15) is 5.82 Å². The van der Waals surface area contributed by atoms with E-state index in [1.165, 1.54) is 4.88 Å². The average molecular weight is 342 g/mol. The minimum Gasteiger partial charge on any atom is -0.306 e. The highest BCUT2D eigenvalue weighted by Crippen LogP contribution is 2.34. The van der Waals surface area contributed by atoms with E-state index in [2.05, 4.69) is 34.2 Å². The molecule has 0 fully saturated rings. The lowest BCUT2D eigenvalue weighted by Gasteiger charge is -2.19. The maximum atomic E-state index is 14.1. The molecule has 19 heavy (non-hydrogen) atoms. The largest absolute Gasteiger partial charge is 0.306 e. The van der Waals surface area contributed by atoms with Gasteiger partial charge in [0.15, 0.2) is 0 Å². The van der Waals surface area contributed by atoms with Gasteiger partial charge in [0.05, 0.1) is 9.83 Å². The summed E-state index contributed by atoms with van der Waals surface area (Å²) in [5, 5.41) is 3.38. The summed E-state index contributed by atoms with van der Waals surface area (Å²) in [5.74, 6) is -0.154. The molecular weight excluding hydrogens is 325 g/mol. The van der Waals surface area contributed by atoms with Crippen LogP contribution < -0.4 is 5.32 Å². The molecule has 0 aliphatic heterocycles. The molecule has 0 spiro atoms. The van der Waals surface area contributed by atoms with Crippen LogP contribution in [0.4, 0.5) is 4.39 Å². The first kappa shape index (κ1) is 14.7. The number of hydrogen-bond donors (Lipinski definition) is 1. The third-order valence-corrected chi connectivity index (χ3v) is 4.68. The summed E-state index contributed by atoms with van der Waals surface area (Å²) in [7, 11) is 0. The highest BCUT2D eigenvalue weighted by atomic mass is 79.9. The fraction of sp³-hybridized carbons (Fsp3) is 0.333. The number of nitrogens with one attached hydrogen (secondary N) is 1. The van der Waals surface area contributed by atoms with E-state index >= 15 is 0 Å². The summed E-state index contributed by atoms with van der Waals surface area (Å²) in [6, 6.07) is 7.26. The van der Waals surface area contributed by atoms with Crippen LogP contribution in [0, 0.1) is 19.7 Å². The zero-order chi connectivity index (χ0) is 14.0. The molecule has 0 radical (unpaired) electrons. The van der Waals surface area contributed by atoms with Crippen LogP contribution in [0.25, 0.3) is 0 Å². The second-order valence-electron chi connectivity index (χ2n) is 4.58. The summed E-state index contributed by atoms with van der Waals surface area (Å²) in [6.07, 6.45) is 0. The molecule has 1 heterocycles. The fourth-order valence-corrected chi connectivity index (χ4v) is 3.97. The lowest BCUT2D eigenvalue weighted by atomic mass is 9.97. The van der Waals surface area contributed by atoms with Crippen LogP contribution in [-0.2, 0) is 0 Å². The summed E-state index contributed by atoms with van der Waals surface area (Å²) in [5.41, 5.74) is 2.93. The number of benzene rings is 1. The molecule has 1 atom stereocenters. The van der Waals surface area contributed by atoms with Gasteiger partial charge >= 0.3 is 0 Å². The average Bonchev–Trinajstić information content (AvgIpc) is 2.69. The van der Waals surface area contributed by atoms with Crippen molar-refractivity contribution >= 4 is 27.3 Å². The van der Waals surface area contributed by atoms with Gasteiger partial charge in [-0.25, -0.2) is 4.39 Å². The number of thiophene rings is 1. The van der Waals surface area contributed by atoms with Gasteiger partial charge in [-0.2, -0.15) is 0 Å². The number of rotatable bonds is 4. The highest BCUT2D eigenvalue weighted by molar-refractivity contribution is 9.11. The van der Waals surface area contributed by atoms with Gasteiger partial charge in [-0.15, -0.1) is 11.3 Å². The van der Waals surface area contributed by atoms with Crippen molar-refractivity contribution < 1.29 is 4.39 Å². The topological polar surface area (TPSA) is 12.0 Å². The monoisotopic (exact) mass is 341 g/mol. The molecule has 1 aromatic heterocycles. The standard InChI is InChI=1S/C15H17BrFNS/c1-4-18-15(11-8-14(16)19-10(11)3)12-7-9(2)5-6-13(12)17/h5-8,15,18H,4H2,1-3H3. The summed E-state index contributed by atoms with van der Waals surface area (Å²) in [4.78, 5) is 1.21. The van der Waals surface area contributed by atoms with Crippen molar-refractivity contribution in [2.24, 2.45) is 0 Å². The Bertz CT molecular complexity index is 580. The first-order valence-corrected chi connectivity index (χ1v) is 7.89. The molecule has 0 aliphatic carbocycles. The van der Waals surface area contributed by atoms with Crippen LogP contribution in [0.1, 0.15) is 34.5 Å². The maximum absolute atomic E-state index is 14.1. The Morgan fingerprint density at radius 1 is 1.26 bits per heavy atom. The number of hydrogen-bond acceptors (Lipinski definition) is 2. The van der Waals surface area contributed by atoms with Gasteiger partial charge in [-0.05, 0) is 54.0 Å². The van der Waals surface area contributed by atoms with Gasteiger partial charge in [0.25, 0.3) is 0 Å². The Hall–Kier alpha value is -0.710. The van der Waals surface area contributed by atoms with Gasteiger partial charge in [0, 0.05) is 10.4 Å². The highest BCUT2D eigenvalue weighted by Gasteiger charge is 2.20. The first-order chi connectivity index (χ1) is 9.02. The molecule has 0 saturated heterocycles. The summed E-state index contributed by atoms with van der Waals surface area (Å²) in [6.45, 7) is 6.90. The van der Waals surface area contributed by atoms with E-state index in [0.717, 1.165) is 27.0 Å². The molecule has 1 unspecified atom stereocenters. The molecule has 0 saturated carbocycles. The molecule has 2 aromatic rings. The molecule has 1 N–H and O–H groups in total. The van der Waals surface area contributed by atoms with E-state index < -0.39 is 0 Å². The van der Waals surface area contributed by atoms with E-state index in [1.807, 2.05) is 19.9 Å². The van der Waals surface area contributed by atoms with Crippen molar-refractivity contribution in [1.82, 2.24) is 5.32 Å². The van der Waals surface area contributed by atoms with Gasteiger partial charge in [-0.1, -0.05) is 24.6 Å². The normalized spacial score (nSPS) is 12.7. The molecule has 4 heteroatoms. The lowest BCUT2D eigenvalue weighted by Crippen LogP contribution is -2.23. The number of aryl methyl sites for hydroxylation is 2. The van der Waals surface area contributed by atoms with Crippen molar-refractivity contribution in [3.8, 4) is 0 Å². The zero-order valence-electron chi connectivity index (χ0n) is 11.3. The van der Waals surface area contributed by atoms with E-state index in [-0.39, 0.29) is 11.9 Å². The Morgan fingerprint density at radius 2 is 2.00 bits per heavy atom. The Labute approximate surface area is 126 Å². The van der Waals surface area contributed by atoms with Crippen molar-refractivity contribution in [3.05, 3.63) is 55.4 Å². The quantitative estimate of drug-likeness (QED) is 0.828. The maximum Gasteiger partial charge on any atom is 0.128 e. The minimum atomic E-state index is -0.154. The third kappa shape index (κ3) is 3.25. The van der Waals surface area contributed by atoms with Crippen molar-refractivity contribution in [1.29, 1.82) is 0 Å². The smallest absolute Gasteiger partial charge is 0.128 e. The van der Waals surface area contributed by atoms with E-state index in [4.69, 9.17) is 0 Å². The predicted molar refractivity (Wildman–Crippen MR) is 83.4 cm³/mol. The lowest BCUT2D eigenvalue weighted by molar-refractivity contribution is 0.558. The third-order valence-electron chi connectivity index (χ3n) is 3.11. The van der Waals surface area contributed by atoms with Crippen LogP contribution in [0.5, 0.6) is 0 Å². The zero-order valence-corrected chi connectivity index (χ0v) is 13.7. The Kier molecular flexibility index (Phi) is 4.76. The Balaban J connectivity index is 2.51. The molecule has 1 aromatic carbocycles. The number of halogens is 2. The molecule has 1 nitrogen and oxygen atoms in total. The second kappa shape index (κ2) is 6.16. The fourth-order valence-electron chi connectivity index (χ4n) is 2.22. The van der Waals surface area contributed by atoms with Gasteiger partial charge in [0.2, 0.25) is 0 Å². The first-order valence-electron chi connectivity index (χ1n) is 6.28. The van der Waals surface area contributed by atoms with Crippen molar-refractivity contribution in [2.75, 3.05) is 6.54 Å². The van der Waals surface area contributed by atoms with Crippen LogP contribution in [-0.4, -0.2) is 6.54 Å². The molecule has 0 amide bonds. The minimum absolute atomic E-state index is 0.0903. The van der Waals surface area contributed by atoms with Gasteiger partial charge < -0.3 is 5.32 Å². The van der Waals surface area contributed by atoms with E-state index in [0.29, 0.717) is 0 Å². The van der Waals surface area contributed by atoms with Crippen LogP contribution in [0.3, 0.4) is 0 Å². The Morgan fingerprint density at radius 3 is 2.58 bits per heavy atom. The molecule has 0 aliphatic rings. The summed E-state index contributed by atoms with van der Waals surface area (Å²) >= 11 is 5.19. The van der Waals surface area contributed by atoms with Crippen LogP contribution >= 0.6 is 27.3 Å². The second-order valence-corrected chi connectivity index (χ2v) is 7.21. The van der Waals surface area contributed by atoms with Crippen molar-refractivity contribution in [3.63, 3.8) is 0 Å². The van der Waals surface area contributed by atoms with Crippen molar-refractivity contribution in [2.45, 2.75) is 26.8 Å². The SMILES string of the molecule is CCNC(c1cc(C)ccc1F)c1cc(Br)sc1C. The van der Waals surface area contributed by atoms with E-state index in [9.17, 15) is 4.39 Å². The van der Waals surface area contributed by atoms with Crippen LogP contribution in [0.2, 0.25) is 0 Å². The molecule has 102 valence electrons. The molecular formula is C15H17BrFNS. The van der Waals surface area contributed by atoms with Gasteiger partial charge in [-0.3, -0.25) is 0 Å². The predicted octanol–water partition coefficient (Wildman–Crippen LogP) is 4.97. The summed E-state index contributed by atoms with van der Waals surface area (Å²) < 4.78 is 15.2. The van der Waals surface area contributed by atoms with E-state index in [1.54, 1.807) is 23.5 Å². The molecule has 0 bridgehead atoms. The van der Waals surface area contributed by atoms with Crippen LogP contribution in [0.15, 0.2) is 28.1 Å². The molecule has 2 rings (SSSR count).